The smallest absolute Gasteiger partial charge is 0.462 e. The lowest BCUT2D eigenvalue weighted by Gasteiger charge is -2.21. The minimum absolute atomic E-state index is 0.102. The fourth-order valence-electron chi connectivity index (χ4n) is 9.69. The molecule has 85 heavy (non-hydrogen) atoms. The van der Waals surface area contributed by atoms with Crippen LogP contribution in [0.1, 0.15) is 319 Å². The Balaban J connectivity index is 5.27. The molecule has 0 aliphatic heterocycles. The standard InChI is InChI=1S/C66H128O17P2/c1-9-57(6)43-35-27-19-13-16-22-31-39-47-64(69)76-52-61(82-65(70)48-40-32-23-17-14-20-28-36-44-58(7)10-2)54-80-84(72,73)78-50-60(67)51-79-85(74,75)81-55-62(83-66(71)49-41-33-25-24-29-37-45-59(8)11-3)53-77-63(68)46-38-30-21-15-12-18-26-34-42-56(4)5/h56-62,67H,9-55H2,1-8H3,(H,72,73)(H,74,75)/t57?,58?,59?,60?,61-,62-/m1/s1. The first-order valence-electron chi connectivity index (χ1n) is 34.3. The van der Waals surface area contributed by atoms with Gasteiger partial charge in [-0.05, 0) is 49.4 Å². The maximum absolute atomic E-state index is 13.0. The Morgan fingerprint density at radius 1 is 0.329 bits per heavy atom. The lowest BCUT2D eigenvalue weighted by atomic mass is 9.99. The van der Waals surface area contributed by atoms with Crippen molar-refractivity contribution in [1.29, 1.82) is 0 Å². The molecule has 8 atom stereocenters. The number of carbonyl (C=O) groups is 4. The second-order valence-electron chi connectivity index (χ2n) is 25.1. The van der Waals surface area contributed by atoms with Gasteiger partial charge in [-0.2, -0.15) is 0 Å². The Kier molecular flexibility index (Phi) is 54.8. The summed E-state index contributed by atoms with van der Waals surface area (Å²) < 4.78 is 68.1. The van der Waals surface area contributed by atoms with Crippen LogP contribution in [0.15, 0.2) is 0 Å². The van der Waals surface area contributed by atoms with Gasteiger partial charge >= 0.3 is 39.5 Å². The number of phosphoric ester groups is 2. The van der Waals surface area contributed by atoms with Crippen LogP contribution in [0.4, 0.5) is 0 Å². The van der Waals surface area contributed by atoms with E-state index in [0.717, 1.165) is 114 Å². The number of esters is 4. The predicted octanol–water partition coefficient (Wildman–Crippen LogP) is 18.1. The summed E-state index contributed by atoms with van der Waals surface area (Å²) in [6.07, 6.45) is 36.1. The SMILES string of the molecule is CCC(C)CCCCCCCCCCC(=O)OC[C@H](COP(=O)(O)OCC(O)COP(=O)(O)OC[C@@H](COC(=O)CCCCCCCCCCC(C)C)OC(=O)CCCCCCCCC(C)CC)OC(=O)CCCCCCCCCCC(C)CC. The first kappa shape index (κ1) is 83.1. The van der Waals surface area contributed by atoms with Crippen molar-refractivity contribution in [1.82, 2.24) is 0 Å². The second kappa shape index (κ2) is 56.1. The molecule has 0 aromatic heterocycles. The molecule has 0 radical (unpaired) electrons. The molecule has 0 rings (SSSR count). The molecule has 3 N–H and O–H groups in total. The largest absolute Gasteiger partial charge is 0.472 e. The molecule has 17 nitrogen and oxygen atoms in total. The molecule has 0 heterocycles. The molecule has 0 spiro atoms. The molecule has 0 aromatic rings. The fraction of sp³-hybridized carbons (Fsp3) is 0.939. The van der Waals surface area contributed by atoms with E-state index in [1.54, 1.807) is 0 Å². The molecule has 6 unspecified atom stereocenters. The average Bonchev–Trinajstić information content (AvgIpc) is 3.59. The van der Waals surface area contributed by atoms with Gasteiger partial charge in [0.15, 0.2) is 12.2 Å². The summed E-state index contributed by atoms with van der Waals surface area (Å²) in [6.45, 7) is 14.0. The summed E-state index contributed by atoms with van der Waals surface area (Å²) in [7, 11) is -9.90. The van der Waals surface area contributed by atoms with Crippen molar-refractivity contribution in [3.05, 3.63) is 0 Å². The number of aliphatic hydroxyl groups is 1. The van der Waals surface area contributed by atoms with Gasteiger partial charge in [0.2, 0.25) is 0 Å². The van der Waals surface area contributed by atoms with Gasteiger partial charge in [-0.25, -0.2) is 9.13 Å². The highest BCUT2D eigenvalue weighted by molar-refractivity contribution is 7.47. The first-order valence-corrected chi connectivity index (χ1v) is 37.3. The van der Waals surface area contributed by atoms with E-state index >= 15 is 0 Å². The molecule has 0 aromatic carbocycles. The highest BCUT2D eigenvalue weighted by Crippen LogP contribution is 2.45. The van der Waals surface area contributed by atoms with Gasteiger partial charge in [-0.3, -0.25) is 37.3 Å². The molecule has 0 aliphatic carbocycles. The van der Waals surface area contributed by atoms with Crippen molar-refractivity contribution in [3.63, 3.8) is 0 Å². The minimum Gasteiger partial charge on any atom is -0.462 e. The van der Waals surface area contributed by atoms with Crippen LogP contribution in [0.2, 0.25) is 0 Å². The summed E-state index contributed by atoms with van der Waals surface area (Å²) >= 11 is 0. The van der Waals surface area contributed by atoms with E-state index in [0.29, 0.717) is 25.7 Å². The zero-order chi connectivity index (χ0) is 63.2. The maximum Gasteiger partial charge on any atom is 0.472 e. The Labute approximate surface area is 517 Å². The lowest BCUT2D eigenvalue weighted by Crippen LogP contribution is -2.30. The van der Waals surface area contributed by atoms with Crippen molar-refractivity contribution in [2.45, 2.75) is 337 Å². The van der Waals surface area contributed by atoms with Crippen LogP contribution < -0.4 is 0 Å². The van der Waals surface area contributed by atoms with Crippen LogP contribution in [-0.2, 0) is 65.4 Å². The number of hydrogen-bond acceptors (Lipinski definition) is 15. The molecule has 19 heteroatoms. The van der Waals surface area contributed by atoms with Gasteiger partial charge in [-0.1, -0.05) is 267 Å². The molecule has 0 amide bonds. The van der Waals surface area contributed by atoms with Crippen LogP contribution in [0.5, 0.6) is 0 Å². The van der Waals surface area contributed by atoms with Crippen molar-refractivity contribution in [3.8, 4) is 0 Å². The van der Waals surface area contributed by atoms with E-state index in [-0.39, 0.29) is 25.7 Å². The van der Waals surface area contributed by atoms with Crippen LogP contribution in [0, 0.1) is 23.7 Å². The molecule has 0 saturated carbocycles. The first-order chi connectivity index (χ1) is 40.7. The van der Waals surface area contributed by atoms with Crippen LogP contribution in [-0.4, -0.2) is 96.7 Å². The number of hydrogen-bond donors (Lipinski definition) is 3. The van der Waals surface area contributed by atoms with Crippen LogP contribution in [0.25, 0.3) is 0 Å². The molecule has 0 bridgehead atoms. The number of ether oxygens (including phenoxy) is 4. The Morgan fingerprint density at radius 3 is 0.835 bits per heavy atom. The van der Waals surface area contributed by atoms with Gasteiger partial charge in [0.1, 0.15) is 19.3 Å². The van der Waals surface area contributed by atoms with Crippen molar-refractivity contribution in [2.75, 3.05) is 39.6 Å². The zero-order valence-electron chi connectivity index (χ0n) is 55.2. The molecular weight excluding hydrogens is 1130 g/mol. The zero-order valence-corrected chi connectivity index (χ0v) is 57.0. The van der Waals surface area contributed by atoms with Gasteiger partial charge in [-0.15, -0.1) is 0 Å². The number of aliphatic hydroxyl groups excluding tert-OH is 1. The van der Waals surface area contributed by atoms with E-state index < -0.39 is 97.5 Å². The van der Waals surface area contributed by atoms with Crippen molar-refractivity contribution < 1.29 is 80.2 Å². The summed E-state index contributed by atoms with van der Waals surface area (Å²) in [5.41, 5.74) is 0. The highest BCUT2D eigenvalue weighted by atomic mass is 31.2. The van der Waals surface area contributed by atoms with E-state index in [1.807, 2.05) is 0 Å². The third kappa shape index (κ3) is 57.0. The summed E-state index contributed by atoms with van der Waals surface area (Å²) in [5.74, 6) is 0.854. The lowest BCUT2D eigenvalue weighted by molar-refractivity contribution is -0.161. The summed E-state index contributed by atoms with van der Waals surface area (Å²) in [6, 6.07) is 0. The van der Waals surface area contributed by atoms with Crippen molar-refractivity contribution in [2.24, 2.45) is 23.7 Å². The highest BCUT2D eigenvalue weighted by Gasteiger charge is 2.30. The van der Waals surface area contributed by atoms with Gasteiger partial charge < -0.3 is 33.8 Å². The Hall–Kier alpha value is -1.94. The quantitative estimate of drug-likeness (QED) is 0.0222. The van der Waals surface area contributed by atoms with Crippen molar-refractivity contribution >= 4 is 39.5 Å². The number of carbonyl (C=O) groups excluding carboxylic acids is 4. The van der Waals surface area contributed by atoms with E-state index in [1.165, 1.54) is 122 Å². The van der Waals surface area contributed by atoms with Gasteiger partial charge in [0, 0.05) is 25.7 Å². The van der Waals surface area contributed by atoms with E-state index in [9.17, 15) is 43.2 Å². The third-order valence-corrected chi connectivity index (χ3v) is 18.1. The Morgan fingerprint density at radius 2 is 0.565 bits per heavy atom. The molecule has 504 valence electrons. The topological polar surface area (TPSA) is 237 Å². The molecule has 0 aliphatic rings. The van der Waals surface area contributed by atoms with Crippen LogP contribution >= 0.6 is 15.6 Å². The van der Waals surface area contributed by atoms with Gasteiger partial charge in [0.25, 0.3) is 0 Å². The predicted molar refractivity (Wildman–Crippen MR) is 340 cm³/mol. The van der Waals surface area contributed by atoms with Gasteiger partial charge in [0.05, 0.1) is 26.4 Å². The molecule has 0 saturated heterocycles. The number of phosphoric acid groups is 2. The monoisotopic (exact) mass is 1250 g/mol. The summed E-state index contributed by atoms with van der Waals surface area (Å²) in [4.78, 5) is 72.3. The molecule has 0 fully saturated rings. The van der Waals surface area contributed by atoms with Crippen LogP contribution in [0.3, 0.4) is 0 Å². The minimum atomic E-state index is -4.95. The normalized spacial score (nSPS) is 15.3. The average molecular weight is 1260 g/mol. The fourth-order valence-corrected chi connectivity index (χ4v) is 11.3. The number of unbranched alkanes of at least 4 members (excludes halogenated alkanes) is 26. The summed E-state index contributed by atoms with van der Waals surface area (Å²) in [5, 5.41) is 10.6. The van der Waals surface area contributed by atoms with E-state index in [4.69, 9.17) is 37.0 Å². The Bertz CT molecular complexity index is 1700. The molecular formula is C66H128O17P2. The maximum atomic E-state index is 13.0. The third-order valence-electron chi connectivity index (χ3n) is 16.2. The van der Waals surface area contributed by atoms with E-state index in [2.05, 4.69) is 55.4 Å². The number of rotatable bonds is 63. The second-order valence-corrected chi connectivity index (χ2v) is 28.0.